The maximum Gasteiger partial charge on any atom is 0.426 e. The monoisotopic (exact) mass is 578 g/mol. The van der Waals surface area contributed by atoms with Crippen molar-refractivity contribution in [3.63, 3.8) is 0 Å². The van der Waals surface area contributed by atoms with E-state index < -0.39 is 23.4 Å². The Labute approximate surface area is 239 Å². The van der Waals surface area contributed by atoms with Gasteiger partial charge in [-0.3, -0.25) is 14.7 Å². The highest BCUT2D eigenvalue weighted by molar-refractivity contribution is 7.74. The van der Waals surface area contributed by atoms with Gasteiger partial charge in [-0.1, -0.05) is 60.7 Å². The zero-order valence-electron chi connectivity index (χ0n) is 22.6. The van der Waals surface area contributed by atoms with E-state index in [4.69, 9.17) is 14.2 Å². The van der Waals surface area contributed by atoms with Crippen LogP contribution in [0.3, 0.4) is 0 Å². The zero-order chi connectivity index (χ0) is 29.4. The maximum absolute atomic E-state index is 13.7. The van der Waals surface area contributed by atoms with Gasteiger partial charge in [0.15, 0.2) is 17.3 Å². The molecule has 0 saturated carbocycles. The molecule has 0 spiro atoms. The average molecular weight is 579 g/mol. The van der Waals surface area contributed by atoms with Crippen LogP contribution >= 0.6 is 0 Å². The molecule has 3 aromatic carbocycles. The Kier molecular flexibility index (Phi) is 9.61. The predicted molar refractivity (Wildman–Crippen MR) is 151 cm³/mol. The van der Waals surface area contributed by atoms with Crippen molar-refractivity contribution in [2.45, 2.75) is 13.2 Å². The van der Waals surface area contributed by atoms with Crippen LogP contribution in [-0.4, -0.2) is 51.4 Å². The van der Waals surface area contributed by atoms with Gasteiger partial charge < -0.3 is 27.8 Å². The van der Waals surface area contributed by atoms with Gasteiger partial charge in [0, 0.05) is 19.8 Å². The van der Waals surface area contributed by atoms with Gasteiger partial charge in [-0.05, 0) is 35.4 Å². The minimum atomic E-state index is -3.14. The summed E-state index contributed by atoms with van der Waals surface area (Å²) in [5.74, 6) is 0.0486. The van der Waals surface area contributed by atoms with Crippen molar-refractivity contribution < 1.29 is 36.7 Å². The van der Waals surface area contributed by atoms with E-state index in [0.717, 1.165) is 11.1 Å². The molecule has 1 unspecified atom stereocenters. The van der Waals surface area contributed by atoms with Crippen LogP contribution in [0.4, 0.5) is 10.6 Å². The molecule has 0 bridgehead atoms. The molecule has 0 fully saturated rings. The third kappa shape index (κ3) is 7.24. The van der Waals surface area contributed by atoms with Gasteiger partial charge in [0.2, 0.25) is 5.75 Å². The van der Waals surface area contributed by atoms with Crippen molar-refractivity contribution in [1.82, 2.24) is 9.47 Å². The topological polar surface area (TPSA) is 131 Å². The van der Waals surface area contributed by atoms with E-state index in [0.29, 0.717) is 11.4 Å². The van der Waals surface area contributed by atoms with Crippen LogP contribution in [0.1, 0.15) is 21.6 Å². The molecular formula is C29H28N3O8S-. The second kappa shape index (κ2) is 13.5. The lowest BCUT2D eigenvalue weighted by Gasteiger charge is -2.17. The number of hydrogen-bond acceptors (Lipinski definition) is 8. The molecule has 1 aromatic heterocycles. The summed E-state index contributed by atoms with van der Waals surface area (Å²) in [5.41, 5.74) is 2.07. The molecular weight excluding hydrogens is 550 g/mol. The van der Waals surface area contributed by atoms with E-state index >= 15 is 0 Å². The number of aromatic nitrogens is 1. The quantitative estimate of drug-likeness (QED) is 0.254. The first kappa shape index (κ1) is 29.2. The van der Waals surface area contributed by atoms with E-state index in [1.807, 2.05) is 60.7 Å². The Balaban J connectivity index is 1.94. The minimum Gasteiger partial charge on any atom is -0.740 e. The zero-order valence-corrected chi connectivity index (χ0v) is 23.4. The highest BCUT2D eigenvalue weighted by Crippen LogP contribution is 2.45. The SMILES string of the molecule is COc1ccc(-n2c(NC(=O)OS(=O)[O-])c(OCc3ccccc3)c(OCc3ccccc3)c2C(=O)N(C)C)cc1. The van der Waals surface area contributed by atoms with Crippen molar-refractivity contribution in [1.29, 1.82) is 0 Å². The van der Waals surface area contributed by atoms with E-state index in [1.54, 1.807) is 38.4 Å². The molecule has 0 aliphatic carbocycles. The first-order valence-corrected chi connectivity index (χ1v) is 13.3. The molecule has 1 N–H and O–H groups in total. The number of anilines is 1. The van der Waals surface area contributed by atoms with Crippen LogP contribution in [0.15, 0.2) is 84.9 Å². The molecule has 4 rings (SSSR count). The number of amides is 2. The molecule has 0 saturated heterocycles. The van der Waals surface area contributed by atoms with Crippen LogP contribution in [0.2, 0.25) is 0 Å². The lowest BCUT2D eigenvalue weighted by atomic mass is 10.2. The lowest BCUT2D eigenvalue weighted by Crippen LogP contribution is -2.26. The summed E-state index contributed by atoms with van der Waals surface area (Å²) in [5, 5.41) is 2.43. The number of carbonyl (C=O) groups excluding carboxylic acids is 2. The van der Waals surface area contributed by atoms with Gasteiger partial charge in [-0.2, -0.15) is 0 Å². The number of hydrogen-bond donors (Lipinski definition) is 1. The van der Waals surface area contributed by atoms with Crippen molar-refractivity contribution in [2.75, 3.05) is 26.5 Å². The fourth-order valence-corrected chi connectivity index (χ4v) is 4.11. The van der Waals surface area contributed by atoms with Gasteiger partial charge in [-0.25, -0.2) is 9.00 Å². The minimum absolute atomic E-state index is 0.000525. The van der Waals surface area contributed by atoms with Gasteiger partial charge in [-0.15, -0.1) is 0 Å². The highest BCUT2D eigenvalue weighted by atomic mass is 32.2. The molecule has 214 valence electrons. The second-order valence-corrected chi connectivity index (χ2v) is 9.41. The Morgan fingerprint density at radius 3 is 1.88 bits per heavy atom. The first-order chi connectivity index (χ1) is 19.8. The highest BCUT2D eigenvalue weighted by Gasteiger charge is 2.33. The summed E-state index contributed by atoms with van der Waals surface area (Å²) in [6.45, 7) is 0.110. The normalized spacial score (nSPS) is 11.3. The predicted octanol–water partition coefficient (Wildman–Crippen LogP) is 4.69. The summed E-state index contributed by atoms with van der Waals surface area (Å²) in [7, 11) is 4.66. The fraction of sp³-hybridized carbons (Fsp3) is 0.172. The van der Waals surface area contributed by atoms with Crippen molar-refractivity contribution in [3.05, 3.63) is 102 Å². The summed E-state index contributed by atoms with van der Waals surface area (Å²) in [6, 6.07) is 25.2. The van der Waals surface area contributed by atoms with Crippen LogP contribution in [-0.2, 0) is 28.8 Å². The standard InChI is InChI=1S/C29H29N3O8S/c1-31(2)28(33)24-25(38-18-20-10-6-4-7-11-20)26(39-19-21-12-8-5-9-13-21)27(30-29(34)40-41(35)36)32(24)22-14-16-23(37-3)17-15-22/h4-17H,18-19H2,1-3H3,(H,30,34)(H,35,36)/p-1. The molecule has 11 nitrogen and oxygen atoms in total. The van der Waals surface area contributed by atoms with Gasteiger partial charge >= 0.3 is 6.09 Å². The molecule has 1 atom stereocenters. The smallest absolute Gasteiger partial charge is 0.426 e. The Morgan fingerprint density at radius 1 is 0.854 bits per heavy atom. The van der Waals surface area contributed by atoms with Gasteiger partial charge in [0.05, 0.1) is 7.11 Å². The van der Waals surface area contributed by atoms with Crippen molar-refractivity contribution >= 4 is 29.2 Å². The third-order valence-corrected chi connectivity index (χ3v) is 6.13. The molecule has 4 aromatic rings. The van der Waals surface area contributed by atoms with E-state index in [1.165, 1.54) is 16.6 Å². The fourth-order valence-electron chi connectivity index (χ4n) is 3.94. The molecule has 1 heterocycles. The number of methoxy groups -OCH3 is 1. The number of benzene rings is 3. The van der Waals surface area contributed by atoms with Crippen LogP contribution in [0, 0.1) is 0 Å². The van der Waals surface area contributed by atoms with E-state index in [9.17, 15) is 18.4 Å². The lowest BCUT2D eigenvalue weighted by molar-refractivity contribution is 0.0814. The number of rotatable bonds is 11. The summed E-state index contributed by atoms with van der Waals surface area (Å²) in [6.07, 6.45) is -1.31. The van der Waals surface area contributed by atoms with Crippen LogP contribution < -0.4 is 19.5 Å². The van der Waals surface area contributed by atoms with Crippen LogP contribution in [0.25, 0.3) is 5.69 Å². The Bertz CT molecular complexity index is 1510. The van der Waals surface area contributed by atoms with Gasteiger partial charge in [0.25, 0.3) is 5.91 Å². The summed E-state index contributed by atoms with van der Waals surface area (Å²) < 4.78 is 45.7. The average Bonchev–Trinajstić information content (AvgIpc) is 3.27. The van der Waals surface area contributed by atoms with Crippen LogP contribution in [0.5, 0.6) is 17.2 Å². The Hall–Kier alpha value is -4.81. The van der Waals surface area contributed by atoms with Gasteiger partial charge in [0.1, 0.15) is 30.3 Å². The maximum atomic E-state index is 13.7. The largest absolute Gasteiger partial charge is 0.740 e. The third-order valence-electron chi connectivity index (χ3n) is 5.84. The number of nitrogens with one attached hydrogen (secondary N) is 1. The van der Waals surface area contributed by atoms with Crippen molar-refractivity contribution in [2.24, 2.45) is 0 Å². The molecule has 0 radical (unpaired) electrons. The molecule has 41 heavy (non-hydrogen) atoms. The first-order valence-electron chi connectivity index (χ1n) is 12.3. The van der Waals surface area contributed by atoms with E-state index in [-0.39, 0.29) is 36.2 Å². The van der Waals surface area contributed by atoms with E-state index in [2.05, 4.69) is 9.50 Å². The number of carbonyl (C=O) groups is 2. The molecule has 2 amide bonds. The molecule has 0 aliphatic heterocycles. The summed E-state index contributed by atoms with van der Waals surface area (Å²) >= 11 is -3.14. The second-order valence-electron chi connectivity index (χ2n) is 8.84. The number of nitrogens with zero attached hydrogens (tertiary/aromatic N) is 2. The summed E-state index contributed by atoms with van der Waals surface area (Å²) in [4.78, 5) is 27.6. The Morgan fingerprint density at radius 2 is 1.39 bits per heavy atom. The molecule has 12 heteroatoms. The molecule has 0 aliphatic rings. The van der Waals surface area contributed by atoms with Crippen molar-refractivity contribution in [3.8, 4) is 22.9 Å². The number of ether oxygens (including phenoxy) is 3.